The maximum absolute atomic E-state index is 12.7. The first kappa shape index (κ1) is 22.5. The SMILES string of the molecule is CC(N)C1CCCCN1C(=O)CCC1NC(=O)N(c2ccc(Cl)cc2)C1=O.Cl. The monoisotopic (exact) mass is 428 g/mol. The predicted octanol–water partition coefficient (Wildman–Crippen LogP) is 2.70. The van der Waals surface area contributed by atoms with E-state index in [1.807, 2.05) is 11.8 Å². The van der Waals surface area contributed by atoms with Crippen LogP contribution in [0.3, 0.4) is 0 Å². The third-order valence-corrected chi connectivity index (χ3v) is 5.48. The Bertz CT molecular complexity index is 726. The van der Waals surface area contributed by atoms with Gasteiger partial charge in [0.05, 0.1) is 5.69 Å². The molecule has 3 N–H and O–H groups in total. The van der Waals surface area contributed by atoms with Crippen LogP contribution < -0.4 is 16.0 Å². The molecule has 3 atom stereocenters. The van der Waals surface area contributed by atoms with Gasteiger partial charge in [0.2, 0.25) is 5.91 Å². The highest BCUT2D eigenvalue weighted by Crippen LogP contribution is 2.24. The van der Waals surface area contributed by atoms with Gasteiger partial charge >= 0.3 is 6.03 Å². The van der Waals surface area contributed by atoms with Crippen LogP contribution >= 0.6 is 24.0 Å². The Balaban J connectivity index is 0.00000280. The third-order valence-electron chi connectivity index (χ3n) is 5.23. The summed E-state index contributed by atoms with van der Waals surface area (Å²) in [5.41, 5.74) is 6.49. The van der Waals surface area contributed by atoms with Crippen LogP contribution in [0.15, 0.2) is 24.3 Å². The number of hydrogen-bond acceptors (Lipinski definition) is 4. The minimum atomic E-state index is -0.698. The lowest BCUT2D eigenvalue weighted by atomic mass is 9.96. The van der Waals surface area contributed by atoms with Crippen molar-refractivity contribution in [1.29, 1.82) is 0 Å². The molecule has 3 rings (SSSR count). The first-order chi connectivity index (χ1) is 12.9. The van der Waals surface area contributed by atoms with E-state index in [1.165, 1.54) is 0 Å². The van der Waals surface area contributed by atoms with Gasteiger partial charge in [-0.2, -0.15) is 0 Å². The topological polar surface area (TPSA) is 95.7 Å². The summed E-state index contributed by atoms with van der Waals surface area (Å²) in [6.45, 7) is 2.62. The second-order valence-electron chi connectivity index (χ2n) is 7.20. The number of hydrogen-bond donors (Lipinski definition) is 2. The average Bonchev–Trinajstić information content (AvgIpc) is 2.94. The summed E-state index contributed by atoms with van der Waals surface area (Å²) in [5, 5.41) is 3.19. The van der Waals surface area contributed by atoms with Gasteiger partial charge in [0, 0.05) is 30.1 Å². The number of nitrogens with one attached hydrogen (secondary N) is 1. The number of piperidine rings is 1. The molecule has 2 saturated heterocycles. The van der Waals surface area contributed by atoms with Crippen molar-refractivity contribution in [1.82, 2.24) is 10.2 Å². The maximum Gasteiger partial charge on any atom is 0.329 e. The molecule has 154 valence electrons. The highest BCUT2D eigenvalue weighted by atomic mass is 35.5. The van der Waals surface area contributed by atoms with E-state index < -0.39 is 12.1 Å². The van der Waals surface area contributed by atoms with Gasteiger partial charge in [-0.25, -0.2) is 9.69 Å². The number of imide groups is 1. The zero-order chi connectivity index (χ0) is 19.6. The lowest BCUT2D eigenvalue weighted by molar-refractivity contribution is -0.135. The van der Waals surface area contributed by atoms with Crippen LogP contribution in [0.1, 0.15) is 39.0 Å². The zero-order valence-electron chi connectivity index (χ0n) is 15.8. The van der Waals surface area contributed by atoms with Crippen molar-refractivity contribution in [2.75, 3.05) is 11.4 Å². The number of carbonyl (C=O) groups is 3. The van der Waals surface area contributed by atoms with Gasteiger partial charge in [0.1, 0.15) is 6.04 Å². The second kappa shape index (κ2) is 9.58. The molecule has 4 amide bonds. The number of halogens is 2. The van der Waals surface area contributed by atoms with Crippen molar-refractivity contribution in [2.24, 2.45) is 5.73 Å². The highest BCUT2D eigenvalue weighted by Gasteiger charge is 2.39. The molecule has 0 radical (unpaired) electrons. The lowest BCUT2D eigenvalue weighted by Gasteiger charge is -2.38. The maximum atomic E-state index is 12.7. The molecule has 0 saturated carbocycles. The standard InChI is InChI=1S/C19H25ClN4O3.ClH/c1-12(21)16-4-2-3-11-23(16)17(25)10-9-15-18(26)24(19(27)22-15)14-7-5-13(20)6-8-14;/h5-8,12,15-16H,2-4,9-11,21H2,1H3,(H,22,27);1H. The molecule has 0 aliphatic carbocycles. The number of carbonyl (C=O) groups excluding carboxylic acids is 3. The van der Waals surface area contributed by atoms with Crippen molar-refractivity contribution in [2.45, 2.75) is 57.2 Å². The van der Waals surface area contributed by atoms with Gasteiger partial charge in [-0.1, -0.05) is 11.6 Å². The summed E-state index contributed by atoms with van der Waals surface area (Å²) in [7, 11) is 0. The van der Waals surface area contributed by atoms with Gasteiger partial charge in [-0.05, 0) is 56.9 Å². The number of nitrogens with zero attached hydrogens (tertiary/aromatic N) is 2. The molecule has 0 spiro atoms. The molecule has 2 aliphatic heterocycles. The van der Waals surface area contributed by atoms with E-state index in [0.29, 0.717) is 17.3 Å². The molecule has 1 aromatic rings. The fourth-order valence-electron chi connectivity index (χ4n) is 3.79. The second-order valence-corrected chi connectivity index (χ2v) is 7.64. The first-order valence-electron chi connectivity index (χ1n) is 9.33. The molecule has 28 heavy (non-hydrogen) atoms. The quantitative estimate of drug-likeness (QED) is 0.704. The number of nitrogens with two attached hydrogens (primary N) is 1. The van der Waals surface area contributed by atoms with Crippen LogP contribution in [-0.2, 0) is 9.59 Å². The Labute approximate surface area is 176 Å². The highest BCUT2D eigenvalue weighted by molar-refractivity contribution is 6.30. The van der Waals surface area contributed by atoms with E-state index in [-0.39, 0.29) is 49.1 Å². The number of benzene rings is 1. The summed E-state index contributed by atoms with van der Waals surface area (Å²) < 4.78 is 0. The largest absolute Gasteiger partial charge is 0.338 e. The number of urea groups is 1. The first-order valence-corrected chi connectivity index (χ1v) is 9.71. The van der Waals surface area contributed by atoms with Gasteiger partial charge in [-0.3, -0.25) is 9.59 Å². The summed E-state index contributed by atoms with van der Waals surface area (Å²) in [5.74, 6) is -0.360. The van der Waals surface area contributed by atoms with Gasteiger partial charge < -0.3 is 16.0 Å². The van der Waals surface area contributed by atoms with Crippen LogP contribution in [0.4, 0.5) is 10.5 Å². The molecule has 0 aromatic heterocycles. The van der Waals surface area contributed by atoms with E-state index in [1.54, 1.807) is 24.3 Å². The van der Waals surface area contributed by atoms with Gasteiger partial charge in [0.15, 0.2) is 0 Å². The molecule has 2 fully saturated rings. The minimum absolute atomic E-state index is 0. The Morgan fingerprint density at radius 3 is 2.61 bits per heavy atom. The molecule has 2 heterocycles. The summed E-state index contributed by atoms with van der Waals surface area (Å²) in [6.07, 6.45) is 3.43. The molecular formula is C19H26Cl2N4O3. The molecule has 3 unspecified atom stereocenters. The minimum Gasteiger partial charge on any atom is -0.338 e. The smallest absolute Gasteiger partial charge is 0.329 e. The Kier molecular flexibility index (Phi) is 7.69. The molecular weight excluding hydrogens is 403 g/mol. The summed E-state index contributed by atoms with van der Waals surface area (Å²) in [6, 6.07) is 5.27. The van der Waals surface area contributed by atoms with Crippen LogP contribution in [0, 0.1) is 0 Å². The summed E-state index contributed by atoms with van der Waals surface area (Å²) in [4.78, 5) is 40.4. The Hall–Kier alpha value is -1.83. The molecule has 7 nitrogen and oxygen atoms in total. The average molecular weight is 429 g/mol. The third kappa shape index (κ3) is 4.77. The fourth-order valence-corrected chi connectivity index (χ4v) is 3.91. The van der Waals surface area contributed by atoms with E-state index >= 15 is 0 Å². The number of likely N-dealkylation sites (tertiary alicyclic amines) is 1. The molecule has 0 bridgehead atoms. The predicted molar refractivity (Wildman–Crippen MR) is 111 cm³/mol. The van der Waals surface area contributed by atoms with Crippen molar-refractivity contribution < 1.29 is 14.4 Å². The van der Waals surface area contributed by atoms with Gasteiger partial charge in [-0.15, -0.1) is 12.4 Å². The van der Waals surface area contributed by atoms with Crippen LogP contribution in [0.2, 0.25) is 5.02 Å². The van der Waals surface area contributed by atoms with Crippen LogP contribution in [0.25, 0.3) is 0 Å². The molecule has 1 aromatic carbocycles. The van der Waals surface area contributed by atoms with Crippen molar-refractivity contribution in [3.8, 4) is 0 Å². The van der Waals surface area contributed by atoms with E-state index in [0.717, 1.165) is 24.2 Å². The van der Waals surface area contributed by atoms with Gasteiger partial charge in [0.25, 0.3) is 5.91 Å². The van der Waals surface area contributed by atoms with Crippen molar-refractivity contribution in [3.63, 3.8) is 0 Å². The molecule has 2 aliphatic rings. The Morgan fingerprint density at radius 2 is 1.96 bits per heavy atom. The normalized spacial score (nSPS) is 23.2. The number of rotatable bonds is 5. The molecule has 9 heteroatoms. The van der Waals surface area contributed by atoms with Crippen LogP contribution in [0.5, 0.6) is 0 Å². The summed E-state index contributed by atoms with van der Waals surface area (Å²) >= 11 is 5.86. The van der Waals surface area contributed by atoms with Crippen molar-refractivity contribution in [3.05, 3.63) is 29.3 Å². The number of amides is 4. The zero-order valence-corrected chi connectivity index (χ0v) is 17.3. The number of anilines is 1. The van der Waals surface area contributed by atoms with E-state index in [4.69, 9.17) is 17.3 Å². The fraction of sp³-hybridized carbons (Fsp3) is 0.526. The van der Waals surface area contributed by atoms with Crippen LogP contribution in [-0.4, -0.2) is 47.4 Å². The van der Waals surface area contributed by atoms with E-state index in [2.05, 4.69) is 5.32 Å². The lowest BCUT2D eigenvalue weighted by Crippen LogP contribution is -2.51. The van der Waals surface area contributed by atoms with Crippen molar-refractivity contribution >= 4 is 47.5 Å². The Morgan fingerprint density at radius 1 is 1.29 bits per heavy atom. The van der Waals surface area contributed by atoms with E-state index in [9.17, 15) is 14.4 Å².